The standard InChI is InChI=1S/C16H34N4S.HI/c1-15(2,20-10-8-7-9-11-20)12-18-14(17-5)19-13-16(3,4)21-6;/h7-13H2,1-6H3,(H2,17,18,19);1H. The van der Waals surface area contributed by atoms with E-state index in [2.05, 4.69) is 54.5 Å². The minimum atomic E-state index is 0. The molecule has 1 saturated heterocycles. The van der Waals surface area contributed by atoms with Crippen molar-refractivity contribution in [3.63, 3.8) is 0 Å². The summed E-state index contributed by atoms with van der Waals surface area (Å²) >= 11 is 1.87. The molecule has 0 unspecified atom stereocenters. The van der Waals surface area contributed by atoms with Crippen LogP contribution in [0.25, 0.3) is 0 Å². The van der Waals surface area contributed by atoms with E-state index in [1.54, 1.807) is 0 Å². The number of nitrogens with zero attached hydrogens (tertiary/aromatic N) is 2. The van der Waals surface area contributed by atoms with Crippen molar-refractivity contribution in [1.82, 2.24) is 15.5 Å². The Morgan fingerprint density at radius 1 is 1.05 bits per heavy atom. The first-order chi connectivity index (χ1) is 9.80. The first-order valence-corrected chi connectivity index (χ1v) is 9.28. The number of halogens is 1. The Bertz CT molecular complexity index is 339. The van der Waals surface area contributed by atoms with Gasteiger partial charge in [0.25, 0.3) is 0 Å². The Hall–Kier alpha value is 0.310. The molecule has 1 rings (SSSR count). The lowest BCUT2D eigenvalue weighted by Gasteiger charge is -2.41. The summed E-state index contributed by atoms with van der Waals surface area (Å²) in [5, 5.41) is 6.93. The van der Waals surface area contributed by atoms with Crippen LogP contribution in [0.4, 0.5) is 0 Å². The van der Waals surface area contributed by atoms with Crippen LogP contribution in [0.3, 0.4) is 0 Å². The van der Waals surface area contributed by atoms with Gasteiger partial charge in [-0.3, -0.25) is 9.89 Å². The van der Waals surface area contributed by atoms with Crippen LogP contribution in [0.15, 0.2) is 4.99 Å². The van der Waals surface area contributed by atoms with Crippen LogP contribution in [0.5, 0.6) is 0 Å². The minimum absolute atomic E-state index is 0. The zero-order valence-corrected chi connectivity index (χ0v) is 18.3. The van der Waals surface area contributed by atoms with Gasteiger partial charge in [-0.05, 0) is 59.9 Å². The maximum Gasteiger partial charge on any atom is 0.191 e. The Kier molecular flexibility index (Phi) is 10.4. The Labute approximate surface area is 158 Å². The SMILES string of the molecule is CN=C(NCC(C)(C)SC)NCC(C)(C)N1CCCCC1.I. The summed E-state index contributed by atoms with van der Waals surface area (Å²) in [6, 6.07) is 0. The van der Waals surface area contributed by atoms with E-state index in [-0.39, 0.29) is 34.3 Å². The molecule has 0 aromatic heterocycles. The van der Waals surface area contributed by atoms with Crippen LogP contribution in [-0.2, 0) is 0 Å². The topological polar surface area (TPSA) is 39.7 Å². The van der Waals surface area contributed by atoms with Crippen molar-refractivity contribution in [2.24, 2.45) is 4.99 Å². The molecular formula is C16H35IN4S. The number of likely N-dealkylation sites (tertiary alicyclic amines) is 1. The fourth-order valence-electron chi connectivity index (χ4n) is 2.50. The lowest BCUT2D eigenvalue weighted by molar-refractivity contribution is 0.0982. The molecule has 4 nitrogen and oxygen atoms in total. The average Bonchev–Trinajstić information content (AvgIpc) is 2.48. The molecule has 0 aromatic carbocycles. The number of thioether (sulfide) groups is 1. The van der Waals surface area contributed by atoms with E-state index in [9.17, 15) is 0 Å². The molecular weight excluding hydrogens is 407 g/mol. The molecule has 1 fully saturated rings. The van der Waals surface area contributed by atoms with Gasteiger partial charge in [0.1, 0.15) is 0 Å². The van der Waals surface area contributed by atoms with Gasteiger partial charge in [-0.2, -0.15) is 11.8 Å². The molecule has 0 radical (unpaired) electrons. The number of hydrogen-bond acceptors (Lipinski definition) is 3. The van der Waals surface area contributed by atoms with Gasteiger partial charge >= 0.3 is 0 Å². The van der Waals surface area contributed by atoms with Crippen molar-refractivity contribution in [1.29, 1.82) is 0 Å². The lowest BCUT2D eigenvalue weighted by atomic mass is 9.98. The second kappa shape index (κ2) is 10.2. The highest BCUT2D eigenvalue weighted by molar-refractivity contribution is 14.0. The summed E-state index contributed by atoms with van der Waals surface area (Å²) in [5.41, 5.74) is 0.174. The molecule has 1 aliphatic rings. The highest BCUT2D eigenvalue weighted by atomic mass is 127. The fraction of sp³-hybridized carbons (Fsp3) is 0.938. The predicted octanol–water partition coefficient (Wildman–Crippen LogP) is 3.18. The molecule has 1 heterocycles. The molecule has 0 amide bonds. The van der Waals surface area contributed by atoms with Gasteiger partial charge in [-0.15, -0.1) is 24.0 Å². The molecule has 0 aromatic rings. The van der Waals surface area contributed by atoms with Gasteiger partial charge in [-0.1, -0.05) is 6.42 Å². The van der Waals surface area contributed by atoms with Crippen molar-refractivity contribution in [3.8, 4) is 0 Å². The van der Waals surface area contributed by atoms with E-state index in [1.165, 1.54) is 32.4 Å². The second-order valence-electron chi connectivity index (χ2n) is 7.10. The van der Waals surface area contributed by atoms with Crippen molar-refractivity contribution < 1.29 is 0 Å². The van der Waals surface area contributed by atoms with Crippen molar-refractivity contribution >= 4 is 41.7 Å². The zero-order chi connectivity index (χ0) is 15.9. The smallest absolute Gasteiger partial charge is 0.191 e. The number of aliphatic imine (C=N–C) groups is 1. The van der Waals surface area contributed by atoms with Gasteiger partial charge in [0, 0.05) is 30.4 Å². The molecule has 0 bridgehead atoms. The third-order valence-corrected chi connectivity index (χ3v) is 5.61. The molecule has 0 aliphatic carbocycles. The molecule has 1 aliphatic heterocycles. The largest absolute Gasteiger partial charge is 0.355 e. The van der Waals surface area contributed by atoms with E-state index in [0.717, 1.165) is 19.0 Å². The first-order valence-electron chi connectivity index (χ1n) is 8.05. The lowest BCUT2D eigenvalue weighted by Crippen LogP contribution is -2.55. The van der Waals surface area contributed by atoms with Gasteiger partial charge in [0.05, 0.1) is 0 Å². The first kappa shape index (κ1) is 22.3. The Morgan fingerprint density at radius 2 is 1.59 bits per heavy atom. The molecule has 2 N–H and O–H groups in total. The van der Waals surface area contributed by atoms with E-state index >= 15 is 0 Å². The van der Waals surface area contributed by atoms with Crippen molar-refractivity contribution in [3.05, 3.63) is 0 Å². The van der Waals surface area contributed by atoms with Crippen molar-refractivity contribution in [2.75, 3.05) is 39.5 Å². The third-order valence-electron chi connectivity index (χ3n) is 4.36. The molecule has 132 valence electrons. The normalized spacial score (nSPS) is 17.8. The average molecular weight is 442 g/mol. The Balaban J connectivity index is 0.00000441. The van der Waals surface area contributed by atoms with Gasteiger partial charge < -0.3 is 10.6 Å². The Morgan fingerprint density at radius 3 is 2.09 bits per heavy atom. The highest BCUT2D eigenvalue weighted by Crippen LogP contribution is 2.20. The molecule has 0 atom stereocenters. The van der Waals surface area contributed by atoms with Crippen LogP contribution in [0.1, 0.15) is 47.0 Å². The van der Waals surface area contributed by atoms with E-state index in [1.807, 2.05) is 18.8 Å². The molecule has 0 spiro atoms. The number of nitrogens with one attached hydrogen (secondary N) is 2. The van der Waals surface area contributed by atoms with Gasteiger partial charge in [-0.25, -0.2) is 0 Å². The van der Waals surface area contributed by atoms with Crippen LogP contribution in [-0.4, -0.2) is 60.6 Å². The number of rotatable bonds is 6. The third kappa shape index (κ3) is 7.73. The summed E-state index contributed by atoms with van der Waals surface area (Å²) in [4.78, 5) is 6.94. The maximum atomic E-state index is 4.34. The quantitative estimate of drug-likeness (QED) is 0.377. The predicted molar refractivity (Wildman–Crippen MR) is 112 cm³/mol. The summed E-state index contributed by atoms with van der Waals surface area (Å²) < 4.78 is 0.222. The highest BCUT2D eigenvalue weighted by Gasteiger charge is 2.28. The fourth-order valence-corrected chi connectivity index (χ4v) is 2.72. The second-order valence-corrected chi connectivity index (χ2v) is 8.62. The summed E-state index contributed by atoms with van der Waals surface area (Å²) in [6.45, 7) is 13.4. The van der Waals surface area contributed by atoms with Crippen LogP contribution in [0, 0.1) is 0 Å². The van der Waals surface area contributed by atoms with E-state index in [0.29, 0.717) is 0 Å². The summed E-state index contributed by atoms with van der Waals surface area (Å²) in [6.07, 6.45) is 6.20. The minimum Gasteiger partial charge on any atom is -0.355 e. The number of guanidine groups is 1. The number of hydrogen-bond donors (Lipinski definition) is 2. The number of piperidine rings is 1. The molecule has 6 heteroatoms. The van der Waals surface area contributed by atoms with Crippen molar-refractivity contribution in [2.45, 2.75) is 57.2 Å². The summed E-state index contributed by atoms with van der Waals surface area (Å²) in [7, 11) is 1.84. The zero-order valence-electron chi connectivity index (χ0n) is 15.2. The van der Waals surface area contributed by atoms with E-state index < -0.39 is 0 Å². The van der Waals surface area contributed by atoms with Gasteiger partial charge in [0.2, 0.25) is 0 Å². The van der Waals surface area contributed by atoms with Crippen LogP contribution < -0.4 is 10.6 Å². The van der Waals surface area contributed by atoms with E-state index in [4.69, 9.17) is 0 Å². The van der Waals surface area contributed by atoms with Crippen LogP contribution >= 0.6 is 35.7 Å². The monoisotopic (exact) mass is 442 g/mol. The maximum absolute atomic E-state index is 4.34. The molecule has 22 heavy (non-hydrogen) atoms. The molecule has 0 saturated carbocycles. The van der Waals surface area contributed by atoms with Crippen LogP contribution in [0.2, 0.25) is 0 Å². The summed E-state index contributed by atoms with van der Waals surface area (Å²) in [5.74, 6) is 0.905. The van der Waals surface area contributed by atoms with Gasteiger partial charge in [0.15, 0.2) is 5.96 Å².